The lowest BCUT2D eigenvalue weighted by Crippen LogP contribution is -2.04. The van der Waals surface area contributed by atoms with Gasteiger partial charge in [0.05, 0.1) is 17.3 Å². The number of hydrogen-bond acceptors (Lipinski definition) is 4. The molecule has 0 aliphatic heterocycles. The lowest BCUT2D eigenvalue weighted by Gasteiger charge is -2.07. The lowest BCUT2D eigenvalue weighted by atomic mass is 10.0. The third-order valence-electron chi connectivity index (χ3n) is 5.13. The van der Waals surface area contributed by atoms with E-state index in [1.54, 1.807) is 36.1 Å². The van der Waals surface area contributed by atoms with Crippen LogP contribution in [0.15, 0.2) is 48.8 Å². The third kappa shape index (κ3) is 2.86. The molecular formula is C22H18FN4O. The maximum Gasteiger partial charge on any atom is 0.251 e. The molecule has 1 atom stereocenters. The summed E-state index contributed by atoms with van der Waals surface area (Å²) in [6.07, 6.45) is 4.83. The minimum Gasteiger partial charge on any atom is -0.387 e. The molecule has 5 rings (SSSR count). The summed E-state index contributed by atoms with van der Waals surface area (Å²) in [5.41, 5.74) is 3.62. The van der Waals surface area contributed by atoms with Crippen molar-refractivity contribution < 1.29 is 9.50 Å². The van der Waals surface area contributed by atoms with Crippen LogP contribution in [0.25, 0.3) is 28.0 Å². The average molecular weight is 373 g/mol. The molecule has 0 bridgehead atoms. The second-order valence-corrected chi connectivity index (χ2v) is 7.20. The Bertz CT molecular complexity index is 1160. The highest BCUT2D eigenvalue weighted by Crippen LogP contribution is 2.41. The van der Waals surface area contributed by atoms with Crippen LogP contribution in [-0.4, -0.2) is 24.9 Å². The second-order valence-electron chi connectivity index (χ2n) is 7.20. The minimum absolute atomic E-state index is 0.281. The number of benzene rings is 2. The molecule has 4 aromatic rings. The Kier molecular flexibility index (Phi) is 3.94. The molecule has 1 aliphatic rings. The zero-order valence-electron chi connectivity index (χ0n) is 15.3. The predicted octanol–water partition coefficient (Wildman–Crippen LogP) is 4.35. The SMILES string of the molecule is CC(O)c1nn(-c2ncc(-c3cc(C4CC4)ccc3F)cn2)c2c[c]ccc12. The van der Waals surface area contributed by atoms with Crippen molar-refractivity contribution in [2.45, 2.75) is 31.8 Å². The number of halogens is 1. The average Bonchev–Trinajstić information content (AvgIpc) is 3.48. The van der Waals surface area contributed by atoms with Crippen LogP contribution in [0.2, 0.25) is 0 Å². The first-order chi connectivity index (χ1) is 13.6. The Morgan fingerprint density at radius 2 is 2.00 bits per heavy atom. The van der Waals surface area contributed by atoms with Crippen LogP contribution < -0.4 is 0 Å². The summed E-state index contributed by atoms with van der Waals surface area (Å²) in [5, 5.41) is 15.3. The van der Waals surface area contributed by atoms with Crippen molar-refractivity contribution in [3.8, 4) is 17.1 Å². The van der Waals surface area contributed by atoms with E-state index in [4.69, 9.17) is 0 Å². The predicted molar refractivity (Wildman–Crippen MR) is 103 cm³/mol. The number of aliphatic hydroxyl groups excluding tert-OH is 1. The van der Waals surface area contributed by atoms with Crippen molar-refractivity contribution >= 4 is 10.9 Å². The number of nitrogens with zero attached hydrogens (tertiary/aromatic N) is 4. The monoisotopic (exact) mass is 373 g/mol. The van der Waals surface area contributed by atoms with Crippen molar-refractivity contribution in [3.63, 3.8) is 0 Å². The number of rotatable bonds is 4. The molecule has 1 fully saturated rings. The minimum atomic E-state index is -0.718. The molecule has 139 valence electrons. The van der Waals surface area contributed by atoms with Gasteiger partial charge in [-0.25, -0.2) is 14.4 Å². The number of aliphatic hydroxyl groups is 1. The smallest absolute Gasteiger partial charge is 0.251 e. The van der Waals surface area contributed by atoms with E-state index >= 15 is 0 Å². The molecular weight excluding hydrogens is 355 g/mol. The third-order valence-corrected chi connectivity index (χ3v) is 5.13. The fraction of sp³-hybridized carbons (Fsp3) is 0.227. The van der Waals surface area contributed by atoms with E-state index in [0.717, 1.165) is 29.3 Å². The maximum absolute atomic E-state index is 14.4. The van der Waals surface area contributed by atoms with Gasteiger partial charge in [0.2, 0.25) is 0 Å². The normalized spacial score (nSPS) is 15.1. The van der Waals surface area contributed by atoms with Crippen molar-refractivity contribution in [2.24, 2.45) is 0 Å². The van der Waals surface area contributed by atoms with Gasteiger partial charge in [-0.3, -0.25) is 0 Å². The Morgan fingerprint density at radius 3 is 2.71 bits per heavy atom. The van der Waals surface area contributed by atoms with Gasteiger partial charge in [-0.1, -0.05) is 18.2 Å². The second kappa shape index (κ2) is 6.49. The van der Waals surface area contributed by atoms with E-state index in [0.29, 0.717) is 28.7 Å². The zero-order chi connectivity index (χ0) is 19.3. The van der Waals surface area contributed by atoms with Crippen molar-refractivity contribution in [3.05, 3.63) is 71.9 Å². The van der Waals surface area contributed by atoms with Crippen LogP contribution in [-0.2, 0) is 0 Å². The van der Waals surface area contributed by atoms with Gasteiger partial charge in [0, 0.05) is 28.9 Å². The molecule has 1 radical (unpaired) electrons. The van der Waals surface area contributed by atoms with Gasteiger partial charge in [-0.05, 0) is 55.5 Å². The highest BCUT2D eigenvalue weighted by atomic mass is 19.1. The summed E-state index contributed by atoms with van der Waals surface area (Å²) >= 11 is 0. The van der Waals surface area contributed by atoms with Crippen molar-refractivity contribution in [1.29, 1.82) is 0 Å². The highest BCUT2D eigenvalue weighted by molar-refractivity contribution is 5.83. The molecule has 0 saturated heterocycles. The molecule has 0 spiro atoms. The van der Waals surface area contributed by atoms with Crippen LogP contribution in [0.4, 0.5) is 4.39 Å². The molecule has 2 aromatic heterocycles. The first-order valence-electron chi connectivity index (χ1n) is 9.31. The van der Waals surface area contributed by atoms with E-state index in [2.05, 4.69) is 21.1 Å². The molecule has 6 heteroatoms. The zero-order valence-corrected chi connectivity index (χ0v) is 15.3. The van der Waals surface area contributed by atoms with Crippen LogP contribution in [0.3, 0.4) is 0 Å². The van der Waals surface area contributed by atoms with E-state index in [9.17, 15) is 9.50 Å². The standard InChI is InChI=1S/C22H18FN4O/c1-13(28)21-17-4-2-3-5-20(17)27(26-21)22-24-11-16(12-25-22)18-10-15(14-6-7-14)8-9-19(18)23/h2,4-5,8-14,28H,6-7H2,1H3. The Hall–Kier alpha value is -3.12. The van der Waals surface area contributed by atoms with Gasteiger partial charge < -0.3 is 5.11 Å². The van der Waals surface area contributed by atoms with Gasteiger partial charge in [0.25, 0.3) is 5.95 Å². The molecule has 1 saturated carbocycles. The first-order valence-corrected chi connectivity index (χ1v) is 9.31. The summed E-state index contributed by atoms with van der Waals surface area (Å²) in [6, 6.07) is 13.7. The van der Waals surface area contributed by atoms with Gasteiger partial charge in [-0.2, -0.15) is 9.78 Å². The van der Waals surface area contributed by atoms with Gasteiger partial charge in [0.15, 0.2) is 0 Å². The molecule has 5 nitrogen and oxygen atoms in total. The molecule has 1 aliphatic carbocycles. The van der Waals surface area contributed by atoms with Crippen LogP contribution in [0.5, 0.6) is 0 Å². The maximum atomic E-state index is 14.4. The van der Waals surface area contributed by atoms with E-state index in [1.807, 2.05) is 18.2 Å². The number of hydrogen-bond donors (Lipinski definition) is 1. The van der Waals surface area contributed by atoms with Crippen LogP contribution >= 0.6 is 0 Å². The molecule has 2 aromatic carbocycles. The topological polar surface area (TPSA) is 63.8 Å². The molecule has 1 N–H and O–H groups in total. The van der Waals surface area contributed by atoms with Crippen LogP contribution in [0, 0.1) is 11.9 Å². The highest BCUT2D eigenvalue weighted by Gasteiger charge is 2.24. The summed E-state index contributed by atoms with van der Waals surface area (Å²) < 4.78 is 15.9. The van der Waals surface area contributed by atoms with Gasteiger partial charge in [0.1, 0.15) is 5.82 Å². The quantitative estimate of drug-likeness (QED) is 0.578. The fourth-order valence-corrected chi connectivity index (χ4v) is 3.49. The summed E-state index contributed by atoms with van der Waals surface area (Å²) in [6.45, 7) is 1.67. The Labute approximate surface area is 161 Å². The lowest BCUT2D eigenvalue weighted by molar-refractivity contribution is 0.195. The molecule has 28 heavy (non-hydrogen) atoms. The Morgan fingerprint density at radius 1 is 1.21 bits per heavy atom. The molecule has 2 heterocycles. The van der Waals surface area contributed by atoms with E-state index in [1.165, 1.54) is 6.07 Å². The van der Waals surface area contributed by atoms with Crippen molar-refractivity contribution in [1.82, 2.24) is 19.7 Å². The fourth-order valence-electron chi connectivity index (χ4n) is 3.49. The largest absolute Gasteiger partial charge is 0.387 e. The van der Waals surface area contributed by atoms with E-state index in [-0.39, 0.29) is 5.82 Å². The summed E-state index contributed by atoms with van der Waals surface area (Å²) in [5.74, 6) is 0.625. The van der Waals surface area contributed by atoms with E-state index < -0.39 is 6.10 Å². The van der Waals surface area contributed by atoms with Crippen molar-refractivity contribution in [2.75, 3.05) is 0 Å². The summed E-state index contributed by atoms with van der Waals surface area (Å²) in [7, 11) is 0. The summed E-state index contributed by atoms with van der Waals surface area (Å²) in [4.78, 5) is 8.81. The number of fused-ring (bicyclic) bond motifs is 1. The Balaban J connectivity index is 1.56. The number of aromatic nitrogens is 4. The molecule has 1 unspecified atom stereocenters. The van der Waals surface area contributed by atoms with Gasteiger partial charge >= 0.3 is 0 Å². The first kappa shape index (κ1) is 17.0. The van der Waals surface area contributed by atoms with Crippen LogP contribution in [0.1, 0.15) is 43.0 Å². The van der Waals surface area contributed by atoms with Gasteiger partial charge in [-0.15, -0.1) is 0 Å². The molecule has 0 amide bonds.